The minimum atomic E-state index is -0.517. The summed E-state index contributed by atoms with van der Waals surface area (Å²) in [5, 5.41) is 0.110. The molecule has 0 spiro atoms. The van der Waals surface area contributed by atoms with Gasteiger partial charge in [0.1, 0.15) is 0 Å². The third-order valence-electron chi connectivity index (χ3n) is 4.32. The molecule has 1 fully saturated rings. The summed E-state index contributed by atoms with van der Waals surface area (Å²) >= 11 is 1.26. The Morgan fingerprint density at radius 1 is 1.07 bits per heavy atom. The van der Waals surface area contributed by atoms with Crippen molar-refractivity contribution in [1.29, 1.82) is 0 Å². The van der Waals surface area contributed by atoms with E-state index in [1.807, 2.05) is 42.5 Å². The average Bonchev–Trinajstić information content (AvgIpc) is 2.96. The number of ketones is 1. The highest BCUT2D eigenvalue weighted by atomic mass is 32.2. The number of Topliss-reactive ketones (excluding diaryl/α,β-unsaturated/α-hetero) is 1. The summed E-state index contributed by atoms with van der Waals surface area (Å²) in [5.74, 6) is -0.885. The molecule has 6 heteroatoms. The van der Waals surface area contributed by atoms with E-state index in [4.69, 9.17) is 4.74 Å². The van der Waals surface area contributed by atoms with Crippen molar-refractivity contribution in [2.24, 2.45) is 0 Å². The van der Waals surface area contributed by atoms with Crippen LogP contribution in [0.25, 0.3) is 11.1 Å². The second kappa shape index (κ2) is 8.89. The number of hydrogen-bond donors (Lipinski definition) is 0. The maximum absolute atomic E-state index is 12.7. The number of carbonyl (C=O) groups is 3. The lowest BCUT2D eigenvalue weighted by Gasteiger charge is -2.16. The Balaban J connectivity index is 1.75. The Labute approximate surface area is 168 Å². The quantitative estimate of drug-likeness (QED) is 0.422. The van der Waals surface area contributed by atoms with Crippen LogP contribution in [0.4, 0.5) is 0 Å². The number of esters is 1. The van der Waals surface area contributed by atoms with Crippen LogP contribution in [0.3, 0.4) is 0 Å². The van der Waals surface area contributed by atoms with E-state index in [-0.39, 0.29) is 30.1 Å². The first-order chi connectivity index (χ1) is 13.5. The zero-order valence-electron chi connectivity index (χ0n) is 15.8. The molecule has 1 aliphatic rings. The average molecular weight is 395 g/mol. The van der Waals surface area contributed by atoms with Gasteiger partial charge in [0.05, 0.1) is 29.5 Å². The van der Waals surface area contributed by atoms with Crippen LogP contribution >= 0.6 is 11.8 Å². The monoisotopic (exact) mass is 395 g/mol. The molecule has 0 aromatic heterocycles. The molecule has 0 saturated carbocycles. The van der Waals surface area contributed by atoms with E-state index in [0.29, 0.717) is 10.6 Å². The van der Waals surface area contributed by atoms with Gasteiger partial charge in [-0.05, 0) is 25.0 Å². The summed E-state index contributed by atoms with van der Waals surface area (Å²) in [5.41, 5.74) is 2.61. The molecule has 1 atom stereocenters. The van der Waals surface area contributed by atoms with Crippen molar-refractivity contribution >= 4 is 29.4 Å². The van der Waals surface area contributed by atoms with Crippen LogP contribution in [-0.2, 0) is 14.3 Å². The highest BCUT2D eigenvalue weighted by molar-refractivity contribution is 8.04. The molecular weight excluding hydrogens is 374 g/mol. The van der Waals surface area contributed by atoms with Crippen LogP contribution in [0.15, 0.2) is 65.7 Å². The first-order valence-electron chi connectivity index (χ1n) is 9.04. The largest absolute Gasteiger partial charge is 0.463 e. The summed E-state index contributed by atoms with van der Waals surface area (Å²) in [4.78, 5) is 38.2. The summed E-state index contributed by atoms with van der Waals surface area (Å²) < 4.78 is 4.92. The van der Waals surface area contributed by atoms with Gasteiger partial charge < -0.3 is 4.74 Å². The second-order valence-electron chi connectivity index (χ2n) is 6.29. The van der Waals surface area contributed by atoms with Gasteiger partial charge in [-0.15, -0.1) is 0 Å². The Hall–Kier alpha value is -2.86. The van der Waals surface area contributed by atoms with Gasteiger partial charge in [-0.2, -0.15) is 0 Å². The minimum Gasteiger partial charge on any atom is -0.463 e. The fourth-order valence-electron chi connectivity index (χ4n) is 2.89. The summed E-state index contributed by atoms with van der Waals surface area (Å²) in [6, 6.07) is 17.2. The lowest BCUT2D eigenvalue weighted by molar-refractivity contribution is -0.137. The maximum atomic E-state index is 12.7. The molecule has 5 nitrogen and oxygen atoms in total. The van der Waals surface area contributed by atoms with Crippen molar-refractivity contribution in [2.45, 2.75) is 19.1 Å². The smallest absolute Gasteiger partial charge is 0.333 e. The fourth-order valence-corrected chi connectivity index (χ4v) is 3.93. The molecule has 1 unspecified atom stereocenters. The van der Waals surface area contributed by atoms with E-state index < -0.39 is 5.97 Å². The number of amides is 1. The maximum Gasteiger partial charge on any atom is 0.333 e. The molecule has 2 aromatic carbocycles. The molecule has 1 heterocycles. The van der Waals surface area contributed by atoms with Gasteiger partial charge in [0, 0.05) is 5.56 Å². The molecule has 1 saturated heterocycles. The number of thioether (sulfide) groups is 1. The SMILES string of the molecule is CCOC(=O)C=C1SC(C)C(=O)N1CC(=O)c1ccc(-c2ccccc2)cc1. The molecule has 0 radical (unpaired) electrons. The third kappa shape index (κ3) is 4.51. The minimum absolute atomic E-state index is 0.105. The van der Waals surface area contributed by atoms with E-state index in [1.54, 1.807) is 26.0 Å². The van der Waals surface area contributed by atoms with Crippen molar-refractivity contribution in [2.75, 3.05) is 13.2 Å². The molecule has 0 bridgehead atoms. The fraction of sp³-hybridized carbons (Fsp3) is 0.227. The molecule has 3 rings (SSSR count). The van der Waals surface area contributed by atoms with Crippen molar-refractivity contribution < 1.29 is 19.1 Å². The van der Waals surface area contributed by atoms with Gasteiger partial charge in [0.25, 0.3) is 0 Å². The molecule has 1 amide bonds. The topological polar surface area (TPSA) is 63.7 Å². The predicted octanol–water partition coefficient (Wildman–Crippen LogP) is 3.90. The van der Waals surface area contributed by atoms with Gasteiger partial charge in [-0.3, -0.25) is 14.5 Å². The van der Waals surface area contributed by atoms with E-state index in [2.05, 4.69) is 0 Å². The van der Waals surface area contributed by atoms with Crippen molar-refractivity contribution in [3.63, 3.8) is 0 Å². The normalized spacial score (nSPS) is 17.8. The van der Waals surface area contributed by atoms with Crippen LogP contribution in [0.1, 0.15) is 24.2 Å². The number of ether oxygens (including phenoxy) is 1. The zero-order chi connectivity index (χ0) is 20.1. The van der Waals surface area contributed by atoms with Crippen molar-refractivity contribution in [3.8, 4) is 11.1 Å². The van der Waals surface area contributed by atoms with Gasteiger partial charge in [-0.1, -0.05) is 66.4 Å². The lowest BCUT2D eigenvalue weighted by atomic mass is 10.0. The zero-order valence-corrected chi connectivity index (χ0v) is 16.6. The highest BCUT2D eigenvalue weighted by Gasteiger charge is 2.35. The Morgan fingerprint density at radius 3 is 2.36 bits per heavy atom. The van der Waals surface area contributed by atoms with E-state index in [1.165, 1.54) is 22.7 Å². The first kappa shape index (κ1) is 19.9. The van der Waals surface area contributed by atoms with E-state index in [0.717, 1.165) is 11.1 Å². The van der Waals surface area contributed by atoms with Crippen LogP contribution in [0.5, 0.6) is 0 Å². The van der Waals surface area contributed by atoms with Gasteiger partial charge >= 0.3 is 5.97 Å². The van der Waals surface area contributed by atoms with Gasteiger partial charge in [0.15, 0.2) is 5.78 Å². The highest BCUT2D eigenvalue weighted by Crippen LogP contribution is 2.35. The first-order valence-corrected chi connectivity index (χ1v) is 9.92. The van der Waals surface area contributed by atoms with Gasteiger partial charge in [0.2, 0.25) is 5.91 Å². The van der Waals surface area contributed by atoms with Crippen LogP contribution in [-0.4, -0.2) is 41.0 Å². The lowest BCUT2D eigenvalue weighted by Crippen LogP contribution is -2.33. The van der Waals surface area contributed by atoms with Crippen molar-refractivity contribution in [3.05, 3.63) is 71.3 Å². The Morgan fingerprint density at radius 2 is 1.71 bits per heavy atom. The summed E-state index contributed by atoms with van der Waals surface area (Å²) in [6.07, 6.45) is 1.28. The number of rotatable bonds is 6. The van der Waals surface area contributed by atoms with E-state index in [9.17, 15) is 14.4 Å². The number of benzene rings is 2. The Kier molecular flexibility index (Phi) is 6.31. The molecular formula is C22H21NO4S. The van der Waals surface area contributed by atoms with Crippen LogP contribution in [0, 0.1) is 0 Å². The molecule has 1 aliphatic heterocycles. The van der Waals surface area contributed by atoms with Crippen molar-refractivity contribution in [1.82, 2.24) is 4.90 Å². The molecule has 2 aromatic rings. The summed E-state index contributed by atoms with van der Waals surface area (Å²) in [6.45, 7) is 3.62. The van der Waals surface area contributed by atoms with E-state index >= 15 is 0 Å². The second-order valence-corrected chi connectivity index (χ2v) is 7.65. The third-order valence-corrected chi connectivity index (χ3v) is 5.46. The number of nitrogens with zero attached hydrogens (tertiary/aromatic N) is 1. The number of carbonyl (C=O) groups excluding carboxylic acids is 3. The molecule has 28 heavy (non-hydrogen) atoms. The van der Waals surface area contributed by atoms with Crippen LogP contribution in [0.2, 0.25) is 0 Å². The van der Waals surface area contributed by atoms with Gasteiger partial charge in [-0.25, -0.2) is 4.79 Å². The molecule has 0 aliphatic carbocycles. The standard InChI is InChI=1S/C22H21NO4S/c1-3-27-21(25)13-20-23(22(26)15(2)28-20)14-19(24)18-11-9-17(10-12-18)16-7-5-4-6-8-16/h4-13,15H,3,14H2,1-2H3. The number of hydrogen-bond acceptors (Lipinski definition) is 5. The van der Waals surface area contributed by atoms with Crippen LogP contribution < -0.4 is 0 Å². The Bertz CT molecular complexity index is 906. The summed E-state index contributed by atoms with van der Waals surface area (Å²) in [7, 11) is 0. The molecule has 0 N–H and O–H groups in total. The molecule has 144 valence electrons. The predicted molar refractivity (Wildman–Crippen MR) is 110 cm³/mol.